The van der Waals surface area contributed by atoms with E-state index in [1.165, 1.54) is 0 Å². The summed E-state index contributed by atoms with van der Waals surface area (Å²) in [4.78, 5) is 12.1. The topological polar surface area (TPSA) is 58.6 Å². The van der Waals surface area contributed by atoms with Crippen LogP contribution in [0.1, 0.15) is 27.2 Å². The highest BCUT2D eigenvalue weighted by atomic mass is 35.5. The second kappa shape index (κ2) is 11.9. The molecule has 0 aromatic rings. The molecule has 0 unspecified atom stereocenters. The first-order chi connectivity index (χ1) is 10.3. The van der Waals surface area contributed by atoms with Gasteiger partial charge >= 0.3 is 5.97 Å². The van der Waals surface area contributed by atoms with Gasteiger partial charge in [0.15, 0.2) is 0 Å². The number of nitrogens with zero attached hydrogens (tertiary/aromatic N) is 1. The van der Waals surface area contributed by atoms with Crippen LogP contribution in [0.5, 0.6) is 0 Å². The average molecular weight is 396 g/mol. The van der Waals surface area contributed by atoms with Crippen LogP contribution in [0, 0.1) is 5.92 Å². The van der Waals surface area contributed by atoms with Crippen LogP contribution >= 0.6 is 42.2 Å². The minimum atomic E-state index is -3.15. The minimum Gasteiger partial charge on any atom is -0.465 e. The Hall–Kier alpha value is 0.490. The standard InChI is InChI=1S/C13H26Cl3N2O3P/c1-4-21-13(19)12(9-11(2)3)17-22(20,10-16)18(7-5-14)8-6-15/h11-12H,4-10H2,1-3H3,(H,17,20)/t12-,22-/m0/s1. The molecule has 0 saturated carbocycles. The summed E-state index contributed by atoms with van der Waals surface area (Å²) in [5.74, 6) is 0.417. The highest BCUT2D eigenvalue weighted by Crippen LogP contribution is 2.47. The summed E-state index contributed by atoms with van der Waals surface area (Å²) in [6, 6.07) is -0.669. The first-order valence-corrected chi connectivity index (χ1v) is 10.8. The monoisotopic (exact) mass is 394 g/mol. The van der Waals surface area contributed by atoms with Crippen LogP contribution in [0.4, 0.5) is 0 Å². The quantitative estimate of drug-likeness (QED) is 0.310. The smallest absolute Gasteiger partial charge is 0.323 e. The van der Waals surface area contributed by atoms with Crippen molar-refractivity contribution < 1.29 is 14.1 Å². The second-order valence-electron chi connectivity index (χ2n) is 5.22. The number of ether oxygens (including phenoxy) is 1. The van der Waals surface area contributed by atoms with Gasteiger partial charge in [-0.15, -0.1) is 34.8 Å². The molecule has 1 N–H and O–H groups in total. The maximum absolute atomic E-state index is 13.1. The Morgan fingerprint density at radius 2 is 1.77 bits per heavy atom. The van der Waals surface area contributed by atoms with Crippen molar-refractivity contribution >= 4 is 48.2 Å². The van der Waals surface area contributed by atoms with Gasteiger partial charge in [-0.05, 0) is 19.3 Å². The van der Waals surface area contributed by atoms with Crippen LogP contribution in [0.25, 0.3) is 0 Å². The van der Waals surface area contributed by atoms with Crippen LogP contribution in [0.2, 0.25) is 0 Å². The molecule has 0 spiro atoms. The van der Waals surface area contributed by atoms with Crippen LogP contribution in [0.15, 0.2) is 0 Å². The molecular weight excluding hydrogens is 369 g/mol. The first kappa shape index (κ1) is 22.5. The number of rotatable bonds is 12. The van der Waals surface area contributed by atoms with E-state index in [2.05, 4.69) is 5.09 Å². The van der Waals surface area contributed by atoms with Gasteiger partial charge < -0.3 is 4.74 Å². The third-order valence-corrected chi connectivity index (χ3v) is 6.60. The molecule has 0 aliphatic rings. The molecule has 0 bridgehead atoms. The van der Waals surface area contributed by atoms with Crippen molar-refractivity contribution in [1.29, 1.82) is 0 Å². The molecule has 0 radical (unpaired) electrons. The molecule has 0 aromatic heterocycles. The van der Waals surface area contributed by atoms with E-state index < -0.39 is 19.5 Å². The Kier molecular flexibility index (Phi) is 12.2. The molecule has 0 amide bonds. The van der Waals surface area contributed by atoms with E-state index in [4.69, 9.17) is 39.5 Å². The van der Waals surface area contributed by atoms with Crippen LogP contribution in [-0.4, -0.2) is 53.8 Å². The minimum absolute atomic E-state index is 0.130. The fourth-order valence-corrected chi connectivity index (χ4v) is 5.21. The van der Waals surface area contributed by atoms with Gasteiger partial charge in [0.25, 0.3) is 0 Å². The van der Waals surface area contributed by atoms with Crippen molar-refractivity contribution in [3.05, 3.63) is 0 Å². The van der Waals surface area contributed by atoms with E-state index in [0.29, 0.717) is 31.3 Å². The van der Waals surface area contributed by atoms with Crippen molar-refractivity contribution in [2.45, 2.75) is 33.2 Å². The number of hydrogen-bond acceptors (Lipinski definition) is 3. The Morgan fingerprint density at radius 3 is 2.14 bits per heavy atom. The molecular formula is C13H26Cl3N2O3P. The summed E-state index contributed by atoms with van der Waals surface area (Å²) in [7, 11) is -3.15. The normalized spacial score (nSPS) is 15.8. The van der Waals surface area contributed by atoms with Crippen LogP contribution in [0.3, 0.4) is 0 Å². The van der Waals surface area contributed by atoms with Gasteiger partial charge in [-0.1, -0.05) is 13.8 Å². The number of carbonyl (C=O) groups is 1. The number of nitrogens with one attached hydrogen (secondary N) is 1. The SMILES string of the molecule is CCOC(=O)[C@H](CC(C)C)N[P@@](=O)(CCl)N(CCCl)CCCl. The lowest BCUT2D eigenvalue weighted by Gasteiger charge is -2.32. The first-order valence-electron chi connectivity index (χ1n) is 7.31. The largest absolute Gasteiger partial charge is 0.465 e. The number of alkyl halides is 3. The van der Waals surface area contributed by atoms with Crippen LogP contribution < -0.4 is 5.09 Å². The summed E-state index contributed by atoms with van der Waals surface area (Å²) in [6.07, 6.45) is 0.509. The fourth-order valence-electron chi connectivity index (χ4n) is 1.98. The van der Waals surface area contributed by atoms with E-state index in [1.54, 1.807) is 11.6 Å². The van der Waals surface area contributed by atoms with Gasteiger partial charge in [-0.3, -0.25) is 9.36 Å². The molecule has 2 atom stereocenters. The fraction of sp³-hybridized carbons (Fsp3) is 0.923. The zero-order valence-electron chi connectivity index (χ0n) is 13.4. The molecule has 0 saturated heterocycles. The van der Waals surface area contributed by atoms with Crippen molar-refractivity contribution in [2.24, 2.45) is 5.92 Å². The molecule has 132 valence electrons. The maximum atomic E-state index is 13.1. The van der Waals surface area contributed by atoms with Crippen molar-refractivity contribution in [1.82, 2.24) is 9.76 Å². The lowest BCUT2D eigenvalue weighted by atomic mass is 10.1. The summed E-state index contributed by atoms with van der Waals surface area (Å²) in [6.45, 7) is 6.72. The summed E-state index contributed by atoms with van der Waals surface area (Å²) in [5.41, 5.74) is -0.130. The van der Waals surface area contributed by atoms with Crippen molar-refractivity contribution in [3.8, 4) is 0 Å². The number of carbonyl (C=O) groups excluding carboxylic acids is 1. The molecule has 0 rings (SSSR count). The Labute approximate surface area is 148 Å². The molecule has 0 aliphatic carbocycles. The number of hydrogen-bond donors (Lipinski definition) is 1. The highest BCUT2D eigenvalue weighted by Gasteiger charge is 2.35. The highest BCUT2D eigenvalue weighted by molar-refractivity contribution is 7.61. The number of esters is 1. The average Bonchev–Trinajstić information content (AvgIpc) is 2.46. The van der Waals surface area contributed by atoms with Gasteiger partial charge in [0.1, 0.15) is 11.7 Å². The van der Waals surface area contributed by atoms with E-state index in [1.807, 2.05) is 13.8 Å². The van der Waals surface area contributed by atoms with E-state index in [-0.39, 0.29) is 18.1 Å². The van der Waals surface area contributed by atoms with Gasteiger partial charge in [0, 0.05) is 24.8 Å². The van der Waals surface area contributed by atoms with Crippen molar-refractivity contribution in [3.63, 3.8) is 0 Å². The van der Waals surface area contributed by atoms with Gasteiger partial charge in [-0.2, -0.15) is 0 Å². The zero-order valence-corrected chi connectivity index (χ0v) is 16.5. The second-order valence-corrected chi connectivity index (χ2v) is 9.16. The summed E-state index contributed by atoms with van der Waals surface area (Å²) < 4.78 is 19.8. The van der Waals surface area contributed by atoms with E-state index in [0.717, 1.165) is 0 Å². The molecule has 22 heavy (non-hydrogen) atoms. The molecule has 0 fully saturated rings. The zero-order chi connectivity index (χ0) is 17.2. The van der Waals surface area contributed by atoms with Crippen molar-refractivity contribution in [2.75, 3.05) is 37.1 Å². The van der Waals surface area contributed by atoms with Gasteiger partial charge in [0.05, 0.1) is 6.61 Å². The van der Waals surface area contributed by atoms with Gasteiger partial charge in [0.2, 0.25) is 7.44 Å². The predicted octanol–water partition coefficient (Wildman–Crippen LogP) is 3.72. The van der Waals surface area contributed by atoms with E-state index in [9.17, 15) is 9.36 Å². The molecule has 0 aromatic carbocycles. The summed E-state index contributed by atoms with van der Waals surface area (Å²) >= 11 is 17.5. The Morgan fingerprint density at radius 1 is 1.23 bits per heavy atom. The third kappa shape index (κ3) is 7.85. The Bertz CT molecular complexity index is 366. The lowest BCUT2D eigenvalue weighted by Crippen LogP contribution is -2.42. The molecule has 0 aliphatic heterocycles. The number of halogens is 3. The third-order valence-electron chi connectivity index (χ3n) is 2.94. The molecule has 9 heteroatoms. The summed E-state index contributed by atoms with van der Waals surface area (Å²) in [5, 5.41) is 2.92. The van der Waals surface area contributed by atoms with Crippen LogP contribution in [-0.2, 0) is 14.1 Å². The molecule has 0 heterocycles. The Balaban J connectivity index is 5.21. The maximum Gasteiger partial charge on any atom is 0.323 e. The predicted molar refractivity (Wildman–Crippen MR) is 94.4 cm³/mol. The van der Waals surface area contributed by atoms with E-state index >= 15 is 0 Å². The van der Waals surface area contributed by atoms with Gasteiger partial charge in [-0.25, -0.2) is 9.76 Å². The lowest BCUT2D eigenvalue weighted by molar-refractivity contribution is -0.145. The molecule has 5 nitrogen and oxygen atoms in total.